The third-order valence-electron chi connectivity index (χ3n) is 6.22. The zero-order valence-corrected chi connectivity index (χ0v) is 21.1. The summed E-state index contributed by atoms with van der Waals surface area (Å²) in [6.45, 7) is 11.0. The molecule has 10 nitrogen and oxygen atoms in total. The molecule has 34 heavy (non-hydrogen) atoms. The maximum atomic E-state index is 12.0. The fraction of sp³-hybridized carbons (Fsp3) is 0.833. The van der Waals surface area contributed by atoms with Gasteiger partial charge in [-0.25, -0.2) is 0 Å². The minimum absolute atomic E-state index is 0.190. The summed E-state index contributed by atoms with van der Waals surface area (Å²) < 4.78 is 34.0. The van der Waals surface area contributed by atoms with E-state index in [0.717, 1.165) is 19.3 Å². The highest BCUT2D eigenvalue weighted by Crippen LogP contribution is 2.38. The summed E-state index contributed by atoms with van der Waals surface area (Å²) in [5, 5.41) is 0. The van der Waals surface area contributed by atoms with Gasteiger partial charge in [0, 0.05) is 27.7 Å². The second kappa shape index (κ2) is 12.5. The van der Waals surface area contributed by atoms with Crippen LogP contribution in [-0.2, 0) is 47.6 Å². The average molecular weight is 487 g/mol. The molecule has 0 bridgehead atoms. The first-order valence-corrected chi connectivity index (χ1v) is 11.8. The van der Waals surface area contributed by atoms with Crippen molar-refractivity contribution in [3.05, 3.63) is 0 Å². The molecule has 0 amide bonds. The lowest BCUT2D eigenvalue weighted by molar-refractivity contribution is -0.323. The molecule has 2 fully saturated rings. The van der Waals surface area contributed by atoms with Crippen molar-refractivity contribution >= 4 is 23.9 Å². The summed E-state index contributed by atoms with van der Waals surface area (Å²) in [5.41, 5.74) is 0. The topological polar surface area (TPSA) is 124 Å². The molecule has 0 unspecified atom stereocenters. The van der Waals surface area contributed by atoms with E-state index in [-0.39, 0.29) is 18.6 Å². The number of ether oxygens (including phenoxy) is 6. The molecule has 0 aromatic rings. The monoisotopic (exact) mass is 486 g/mol. The number of esters is 4. The normalized spacial score (nSPS) is 33.6. The number of rotatable bonds is 8. The molecule has 0 N–H and O–H groups in total. The van der Waals surface area contributed by atoms with Crippen LogP contribution < -0.4 is 0 Å². The van der Waals surface area contributed by atoms with Gasteiger partial charge in [0.2, 0.25) is 0 Å². The van der Waals surface area contributed by atoms with Crippen molar-refractivity contribution in [2.24, 2.45) is 17.8 Å². The Balaban J connectivity index is 2.43. The molecule has 2 aliphatic rings. The first kappa shape index (κ1) is 28.0. The van der Waals surface area contributed by atoms with Crippen LogP contribution >= 0.6 is 0 Å². The maximum absolute atomic E-state index is 12.0. The van der Waals surface area contributed by atoms with Gasteiger partial charge < -0.3 is 28.4 Å². The molecule has 1 heterocycles. The third-order valence-corrected chi connectivity index (χ3v) is 6.22. The van der Waals surface area contributed by atoms with Crippen molar-refractivity contribution < 1.29 is 47.6 Å². The van der Waals surface area contributed by atoms with E-state index in [1.165, 1.54) is 27.7 Å². The van der Waals surface area contributed by atoms with E-state index in [9.17, 15) is 19.2 Å². The minimum Gasteiger partial charge on any atom is -0.463 e. The quantitative estimate of drug-likeness (QED) is 0.373. The predicted molar refractivity (Wildman–Crippen MR) is 118 cm³/mol. The SMILES string of the molecule is CC(=O)OC[C@H]1O[C@H](O[C@@H]2C[C@H](C)CC[C@H]2C(C)C)[C@H](OC(C)=O)[C@@H](OC(C)=O)[C@@H]1OC(C)=O. The van der Waals surface area contributed by atoms with Gasteiger partial charge in [-0.1, -0.05) is 27.2 Å². The minimum atomic E-state index is -1.22. The largest absolute Gasteiger partial charge is 0.463 e. The van der Waals surface area contributed by atoms with Gasteiger partial charge in [0.05, 0.1) is 6.10 Å². The molecular formula is C24H38O10. The van der Waals surface area contributed by atoms with Gasteiger partial charge >= 0.3 is 23.9 Å². The summed E-state index contributed by atoms with van der Waals surface area (Å²) >= 11 is 0. The lowest BCUT2D eigenvalue weighted by Gasteiger charge is -2.46. The van der Waals surface area contributed by atoms with Crippen molar-refractivity contribution in [3.8, 4) is 0 Å². The van der Waals surface area contributed by atoms with Gasteiger partial charge in [0.1, 0.15) is 12.7 Å². The standard InChI is InChI=1S/C24H38O10/c1-12(2)18-9-8-13(3)10-19(18)33-24-23(32-17(7)28)22(31-16(6)27)21(30-15(5)26)20(34-24)11-29-14(4)25/h12-13,18-24H,8-11H2,1-7H3/t13-,18+,19-,20-,21-,22+,23-,24+/m1/s1. The van der Waals surface area contributed by atoms with E-state index < -0.39 is 54.6 Å². The Labute approximate surface area is 200 Å². The van der Waals surface area contributed by atoms with Gasteiger partial charge in [-0.3, -0.25) is 19.2 Å². The van der Waals surface area contributed by atoms with Crippen LogP contribution in [0.4, 0.5) is 0 Å². The summed E-state index contributed by atoms with van der Waals surface area (Å²) in [6.07, 6.45) is -3.07. The van der Waals surface area contributed by atoms with Crippen molar-refractivity contribution in [1.82, 2.24) is 0 Å². The third kappa shape index (κ3) is 7.94. The van der Waals surface area contributed by atoms with Gasteiger partial charge in [-0.15, -0.1) is 0 Å². The first-order valence-electron chi connectivity index (χ1n) is 11.8. The lowest BCUT2D eigenvalue weighted by atomic mass is 9.75. The smallest absolute Gasteiger partial charge is 0.303 e. The summed E-state index contributed by atoms with van der Waals surface area (Å²) in [7, 11) is 0. The van der Waals surface area contributed by atoms with Gasteiger partial charge in [0.25, 0.3) is 0 Å². The molecule has 10 heteroatoms. The van der Waals surface area contributed by atoms with Crippen LogP contribution in [0.25, 0.3) is 0 Å². The molecule has 194 valence electrons. The summed E-state index contributed by atoms with van der Waals surface area (Å²) in [5.74, 6) is -1.50. The molecule has 1 saturated heterocycles. The van der Waals surface area contributed by atoms with Crippen molar-refractivity contribution in [2.45, 2.75) is 105 Å². The maximum Gasteiger partial charge on any atom is 0.303 e. The second-order valence-corrected chi connectivity index (χ2v) is 9.57. The highest BCUT2D eigenvalue weighted by atomic mass is 16.7. The van der Waals surface area contributed by atoms with Gasteiger partial charge in [-0.05, 0) is 30.6 Å². The van der Waals surface area contributed by atoms with Crippen LogP contribution in [0.2, 0.25) is 0 Å². The van der Waals surface area contributed by atoms with Gasteiger partial charge in [0.15, 0.2) is 24.6 Å². The van der Waals surface area contributed by atoms with Crippen LogP contribution in [0.15, 0.2) is 0 Å². The van der Waals surface area contributed by atoms with Crippen LogP contribution in [0.1, 0.15) is 67.7 Å². The summed E-state index contributed by atoms with van der Waals surface area (Å²) in [6, 6.07) is 0. The first-order chi connectivity index (χ1) is 15.9. The second-order valence-electron chi connectivity index (χ2n) is 9.57. The Morgan fingerprint density at radius 1 is 0.824 bits per heavy atom. The van der Waals surface area contributed by atoms with E-state index in [0.29, 0.717) is 11.8 Å². The van der Waals surface area contributed by atoms with Crippen LogP contribution in [0, 0.1) is 17.8 Å². The Bertz CT molecular complexity index is 735. The zero-order valence-electron chi connectivity index (χ0n) is 21.1. The predicted octanol–water partition coefficient (Wildman–Crippen LogP) is 2.55. The molecule has 1 saturated carbocycles. The molecule has 2 rings (SSSR count). The van der Waals surface area contributed by atoms with Crippen LogP contribution in [0.3, 0.4) is 0 Å². The number of hydrogen-bond acceptors (Lipinski definition) is 10. The molecule has 0 spiro atoms. The van der Waals surface area contributed by atoms with Crippen molar-refractivity contribution in [2.75, 3.05) is 6.61 Å². The molecule has 0 radical (unpaired) electrons. The van der Waals surface area contributed by atoms with E-state index in [1.54, 1.807) is 0 Å². The zero-order chi connectivity index (χ0) is 25.6. The van der Waals surface area contributed by atoms with E-state index in [1.807, 2.05) is 0 Å². The molecule has 0 aromatic carbocycles. The van der Waals surface area contributed by atoms with E-state index in [4.69, 9.17) is 28.4 Å². The Morgan fingerprint density at radius 2 is 1.38 bits per heavy atom. The molecule has 8 atom stereocenters. The molecular weight excluding hydrogens is 448 g/mol. The lowest BCUT2D eigenvalue weighted by Crippen LogP contribution is -2.63. The molecule has 0 aromatic heterocycles. The number of hydrogen-bond donors (Lipinski definition) is 0. The number of carbonyl (C=O) groups is 4. The number of carbonyl (C=O) groups excluding carboxylic acids is 4. The summed E-state index contributed by atoms with van der Waals surface area (Å²) in [4.78, 5) is 47.2. The fourth-order valence-corrected chi connectivity index (χ4v) is 4.74. The van der Waals surface area contributed by atoms with E-state index in [2.05, 4.69) is 20.8 Å². The molecule has 1 aliphatic carbocycles. The van der Waals surface area contributed by atoms with Crippen LogP contribution in [-0.4, -0.2) is 67.3 Å². The van der Waals surface area contributed by atoms with Crippen molar-refractivity contribution in [1.29, 1.82) is 0 Å². The Kier molecular flexibility index (Phi) is 10.3. The van der Waals surface area contributed by atoms with Crippen molar-refractivity contribution in [3.63, 3.8) is 0 Å². The Hall–Kier alpha value is -2.20. The fourth-order valence-electron chi connectivity index (χ4n) is 4.74. The Morgan fingerprint density at radius 3 is 1.91 bits per heavy atom. The highest BCUT2D eigenvalue weighted by Gasteiger charge is 2.53. The highest BCUT2D eigenvalue weighted by molar-refractivity contribution is 5.68. The van der Waals surface area contributed by atoms with Crippen LogP contribution in [0.5, 0.6) is 0 Å². The average Bonchev–Trinajstić information content (AvgIpc) is 2.69. The van der Waals surface area contributed by atoms with E-state index >= 15 is 0 Å². The van der Waals surface area contributed by atoms with Gasteiger partial charge in [-0.2, -0.15) is 0 Å². The molecule has 1 aliphatic heterocycles.